The molecule has 17 heavy (non-hydrogen) atoms. The summed E-state index contributed by atoms with van der Waals surface area (Å²) in [7, 11) is 0. The minimum atomic E-state index is 0.388. The number of hydrogen-bond donors (Lipinski definition) is 2. The maximum absolute atomic E-state index is 5.90. The van der Waals surface area contributed by atoms with E-state index < -0.39 is 0 Å². The SMILES string of the molecule is C=Cc1c(N)ncnc1Nc1cccc(Cl)c1. The molecule has 1 aromatic heterocycles. The van der Waals surface area contributed by atoms with Crippen LogP contribution in [0.4, 0.5) is 17.3 Å². The summed E-state index contributed by atoms with van der Waals surface area (Å²) in [6, 6.07) is 7.34. The number of aromatic nitrogens is 2. The highest BCUT2D eigenvalue weighted by Gasteiger charge is 2.05. The molecule has 0 fully saturated rings. The van der Waals surface area contributed by atoms with Gasteiger partial charge in [-0.1, -0.05) is 30.3 Å². The predicted molar refractivity (Wildman–Crippen MR) is 71.3 cm³/mol. The number of nitrogens with one attached hydrogen (secondary N) is 1. The Hall–Kier alpha value is -2.07. The van der Waals surface area contributed by atoms with Gasteiger partial charge in [-0.15, -0.1) is 0 Å². The van der Waals surface area contributed by atoms with Crippen molar-refractivity contribution in [3.05, 3.63) is 47.8 Å². The van der Waals surface area contributed by atoms with Gasteiger partial charge in [-0.2, -0.15) is 0 Å². The smallest absolute Gasteiger partial charge is 0.143 e. The van der Waals surface area contributed by atoms with E-state index >= 15 is 0 Å². The van der Waals surface area contributed by atoms with E-state index in [0.29, 0.717) is 22.2 Å². The summed E-state index contributed by atoms with van der Waals surface area (Å²) >= 11 is 5.90. The standard InChI is InChI=1S/C12H11ClN4/c1-2-10-11(14)15-7-16-12(10)17-9-5-3-4-8(13)6-9/h2-7H,1H2,(H3,14,15,16,17). The van der Waals surface area contributed by atoms with Crippen molar-refractivity contribution in [3.8, 4) is 0 Å². The first-order valence-electron chi connectivity index (χ1n) is 4.96. The molecule has 3 N–H and O–H groups in total. The maximum atomic E-state index is 5.90. The second kappa shape index (κ2) is 4.84. The third-order valence-electron chi connectivity index (χ3n) is 2.21. The number of nitrogens with zero attached hydrogens (tertiary/aromatic N) is 2. The van der Waals surface area contributed by atoms with Crippen molar-refractivity contribution in [2.75, 3.05) is 11.1 Å². The van der Waals surface area contributed by atoms with E-state index in [4.69, 9.17) is 17.3 Å². The molecule has 0 unspecified atom stereocenters. The summed E-state index contributed by atoms with van der Waals surface area (Å²) in [5.74, 6) is 0.995. The van der Waals surface area contributed by atoms with Gasteiger partial charge in [0.2, 0.25) is 0 Å². The Morgan fingerprint density at radius 2 is 2.18 bits per heavy atom. The van der Waals surface area contributed by atoms with Crippen LogP contribution in [-0.4, -0.2) is 9.97 Å². The minimum absolute atomic E-state index is 0.388. The molecule has 0 spiro atoms. The van der Waals surface area contributed by atoms with Crippen molar-refractivity contribution in [2.45, 2.75) is 0 Å². The van der Waals surface area contributed by atoms with E-state index in [2.05, 4.69) is 21.9 Å². The fraction of sp³-hybridized carbons (Fsp3) is 0. The molecule has 0 amide bonds. The van der Waals surface area contributed by atoms with Crippen LogP contribution >= 0.6 is 11.6 Å². The lowest BCUT2D eigenvalue weighted by Crippen LogP contribution is -2.01. The van der Waals surface area contributed by atoms with Gasteiger partial charge in [0.1, 0.15) is 18.0 Å². The molecule has 5 heteroatoms. The second-order valence-corrected chi connectivity index (χ2v) is 3.80. The van der Waals surface area contributed by atoms with Gasteiger partial charge in [-0.25, -0.2) is 9.97 Å². The second-order valence-electron chi connectivity index (χ2n) is 3.36. The molecule has 0 saturated heterocycles. The van der Waals surface area contributed by atoms with Crippen LogP contribution in [0.15, 0.2) is 37.2 Å². The number of rotatable bonds is 3. The molecule has 86 valence electrons. The molecule has 0 aliphatic carbocycles. The number of halogens is 1. The van der Waals surface area contributed by atoms with Gasteiger partial charge in [0.05, 0.1) is 5.56 Å². The van der Waals surface area contributed by atoms with E-state index in [9.17, 15) is 0 Å². The zero-order valence-electron chi connectivity index (χ0n) is 9.02. The predicted octanol–water partition coefficient (Wildman–Crippen LogP) is 3.10. The quantitative estimate of drug-likeness (QED) is 0.874. The van der Waals surface area contributed by atoms with Gasteiger partial charge >= 0.3 is 0 Å². The molecular weight excluding hydrogens is 236 g/mol. The zero-order valence-corrected chi connectivity index (χ0v) is 9.78. The first-order valence-corrected chi connectivity index (χ1v) is 5.34. The molecule has 1 aromatic carbocycles. The number of nitrogen functional groups attached to an aromatic ring is 1. The van der Waals surface area contributed by atoms with E-state index in [0.717, 1.165) is 5.69 Å². The van der Waals surface area contributed by atoms with Crippen LogP contribution in [0.2, 0.25) is 5.02 Å². The van der Waals surface area contributed by atoms with Crippen molar-refractivity contribution in [1.82, 2.24) is 9.97 Å². The normalized spacial score (nSPS) is 9.94. The Morgan fingerprint density at radius 3 is 2.88 bits per heavy atom. The van der Waals surface area contributed by atoms with Crippen LogP contribution in [-0.2, 0) is 0 Å². The lowest BCUT2D eigenvalue weighted by molar-refractivity contribution is 1.17. The largest absolute Gasteiger partial charge is 0.383 e. The fourth-order valence-corrected chi connectivity index (χ4v) is 1.60. The van der Waals surface area contributed by atoms with Crippen molar-refractivity contribution in [2.24, 2.45) is 0 Å². The zero-order chi connectivity index (χ0) is 12.3. The number of nitrogens with two attached hydrogens (primary N) is 1. The van der Waals surface area contributed by atoms with Gasteiger partial charge in [0.15, 0.2) is 0 Å². The van der Waals surface area contributed by atoms with E-state index in [1.54, 1.807) is 18.2 Å². The summed E-state index contributed by atoms with van der Waals surface area (Å²) in [5, 5.41) is 3.77. The third-order valence-corrected chi connectivity index (χ3v) is 2.44. The summed E-state index contributed by atoms with van der Waals surface area (Å²) in [6.07, 6.45) is 3.01. The van der Waals surface area contributed by atoms with Crippen LogP contribution < -0.4 is 11.1 Å². The Bertz CT molecular complexity index is 554. The highest BCUT2D eigenvalue weighted by Crippen LogP contribution is 2.24. The summed E-state index contributed by atoms with van der Waals surface area (Å²) in [5.41, 5.74) is 7.23. The molecule has 0 aliphatic heterocycles. The average Bonchev–Trinajstić information content (AvgIpc) is 2.29. The monoisotopic (exact) mass is 246 g/mol. The Labute approximate surface area is 104 Å². The van der Waals surface area contributed by atoms with E-state index in [1.807, 2.05) is 12.1 Å². The fourth-order valence-electron chi connectivity index (χ4n) is 1.41. The first-order chi connectivity index (χ1) is 8.20. The van der Waals surface area contributed by atoms with E-state index in [-0.39, 0.29) is 0 Å². The van der Waals surface area contributed by atoms with Crippen molar-refractivity contribution < 1.29 is 0 Å². The highest BCUT2D eigenvalue weighted by molar-refractivity contribution is 6.30. The average molecular weight is 247 g/mol. The third kappa shape index (κ3) is 2.54. The van der Waals surface area contributed by atoms with Crippen molar-refractivity contribution in [1.29, 1.82) is 0 Å². The molecule has 2 rings (SSSR count). The van der Waals surface area contributed by atoms with Crippen LogP contribution in [0.5, 0.6) is 0 Å². The van der Waals surface area contributed by atoms with Crippen LogP contribution in [0.1, 0.15) is 5.56 Å². The van der Waals surface area contributed by atoms with Gasteiger partial charge in [-0.3, -0.25) is 0 Å². The summed E-state index contributed by atoms with van der Waals surface area (Å²) < 4.78 is 0. The topological polar surface area (TPSA) is 63.8 Å². The highest BCUT2D eigenvalue weighted by atomic mass is 35.5. The van der Waals surface area contributed by atoms with Crippen molar-refractivity contribution >= 4 is 35.0 Å². The van der Waals surface area contributed by atoms with Crippen LogP contribution in [0, 0.1) is 0 Å². The molecule has 0 radical (unpaired) electrons. The Morgan fingerprint density at radius 1 is 1.35 bits per heavy atom. The van der Waals surface area contributed by atoms with Crippen LogP contribution in [0.25, 0.3) is 6.08 Å². The molecule has 0 atom stereocenters. The molecule has 1 heterocycles. The lowest BCUT2D eigenvalue weighted by atomic mass is 10.2. The van der Waals surface area contributed by atoms with Gasteiger partial charge in [0, 0.05) is 10.7 Å². The Kier molecular flexibility index (Phi) is 3.25. The molecule has 0 aliphatic rings. The lowest BCUT2D eigenvalue weighted by Gasteiger charge is -2.09. The van der Waals surface area contributed by atoms with Crippen molar-refractivity contribution in [3.63, 3.8) is 0 Å². The number of hydrogen-bond acceptors (Lipinski definition) is 4. The molecular formula is C12H11ClN4. The molecule has 4 nitrogen and oxygen atoms in total. The van der Waals surface area contributed by atoms with Gasteiger partial charge in [0.25, 0.3) is 0 Å². The summed E-state index contributed by atoms with van der Waals surface area (Å²) in [4.78, 5) is 8.02. The van der Waals surface area contributed by atoms with Gasteiger partial charge in [-0.05, 0) is 18.2 Å². The minimum Gasteiger partial charge on any atom is -0.383 e. The number of benzene rings is 1. The van der Waals surface area contributed by atoms with Gasteiger partial charge < -0.3 is 11.1 Å². The molecule has 0 saturated carbocycles. The molecule has 0 bridgehead atoms. The van der Waals surface area contributed by atoms with Crippen LogP contribution in [0.3, 0.4) is 0 Å². The van der Waals surface area contributed by atoms with E-state index in [1.165, 1.54) is 6.33 Å². The Balaban J connectivity index is 2.36. The maximum Gasteiger partial charge on any atom is 0.143 e. The number of anilines is 3. The first kappa shape index (κ1) is 11.4. The summed E-state index contributed by atoms with van der Waals surface area (Å²) in [6.45, 7) is 3.69. The molecule has 2 aromatic rings.